The topological polar surface area (TPSA) is 95.6 Å². The van der Waals surface area contributed by atoms with Crippen molar-refractivity contribution in [2.24, 2.45) is 0 Å². The summed E-state index contributed by atoms with van der Waals surface area (Å²) in [6, 6.07) is 14.3. The van der Waals surface area contributed by atoms with E-state index < -0.39 is 11.4 Å². The van der Waals surface area contributed by atoms with Crippen molar-refractivity contribution in [3.05, 3.63) is 70.8 Å². The number of fused-ring (bicyclic) bond motifs is 1. The molecule has 1 aliphatic heterocycles. The number of imide groups is 1. The van der Waals surface area contributed by atoms with Crippen molar-refractivity contribution in [1.82, 2.24) is 15.5 Å². The minimum atomic E-state index is -0.645. The molecule has 2 aromatic carbocycles. The Bertz CT molecular complexity index is 1010. The van der Waals surface area contributed by atoms with E-state index in [0.29, 0.717) is 30.5 Å². The minimum absolute atomic E-state index is 0.0815. The van der Waals surface area contributed by atoms with Gasteiger partial charge in [-0.05, 0) is 51.0 Å². The Kier molecular flexibility index (Phi) is 6.53. The first-order chi connectivity index (χ1) is 14.7. The molecule has 2 aromatic rings. The van der Waals surface area contributed by atoms with E-state index in [0.717, 1.165) is 5.56 Å². The Morgan fingerprint density at radius 3 is 2.19 bits per heavy atom. The summed E-state index contributed by atoms with van der Waals surface area (Å²) in [7, 11) is 0. The predicted octanol–water partition coefficient (Wildman–Crippen LogP) is 2.56. The van der Waals surface area contributed by atoms with E-state index in [4.69, 9.17) is 0 Å². The number of nitrogens with one attached hydrogen (secondary N) is 2. The Balaban J connectivity index is 1.49. The molecule has 0 spiro atoms. The van der Waals surface area contributed by atoms with Crippen LogP contribution < -0.4 is 10.6 Å². The fraction of sp³-hybridized carbons (Fsp3) is 0.333. The minimum Gasteiger partial charge on any atom is -0.354 e. The number of benzene rings is 2. The van der Waals surface area contributed by atoms with Crippen molar-refractivity contribution in [3.8, 4) is 0 Å². The summed E-state index contributed by atoms with van der Waals surface area (Å²) in [6.45, 7) is 5.93. The molecule has 7 nitrogen and oxygen atoms in total. The monoisotopic (exact) mass is 421 g/mol. The number of aryl methyl sites for hydroxylation is 1. The average Bonchev–Trinajstić information content (AvgIpc) is 3.00. The predicted molar refractivity (Wildman–Crippen MR) is 117 cm³/mol. The zero-order valence-corrected chi connectivity index (χ0v) is 18.0. The van der Waals surface area contributed by atoms with Crippen LogP contribution in [0.15, 0.2) is 48.5 Å². The third kappa shape index (κ3) is 5.17. The molecule has 0 unspecified atom stereocenters. The Hall–Kier alpha value is -3.48. The van der Waals surface area contributed by atoms with Gasteiger partial charge in [0.05, 0.1) is 11.1 Å². The number of hydrogen-bond donors (Lipinski definition) is 2. The number of rotatable bonds is 7. The molecule has 0 fully saturated rings. The van der Waals surface area contributed by atoms with Crippen LogP contribution in [0.1, 0.15) is 63.8 Å². The molecule has 0 aromatic heterocycles. The highest BCUT2D eigenvalue weighted by Crippen LogP contribution is 2.29. The normalized spacial score (nSPS) is 13.2. The molecule has 1 heterocycles. The van der Waals surface area contributed by atoms with Crippen molar-refractivity contribution in [1.29, 1.82) is 0 Å². The van der Waals surface area contributed by atoms with Gasteiger partial charge in [-0.15, -0.1) is 0 Å². The van der Waals surface area contributed by atoms with Crippen LogP contribution in [0.4, 0.5) is 0 Å². The lowest BCUT2D eigenvalue weighted by atomic mass is 10.1. The molecule has 7 heteroatoms. The highest BCUT2D eigenvalue weighted by Gasteiger charge is 2.42. The fourth-order valence-electron chi connectivity index (χ4n) is 3.46. The maximum atomic E-state index is 12.7. The Morgan fingerprint density at radius 1 is 0.871 bits per heavy atom. The van der Waals surface area contributed by atoms with Gasteiger partial charge in [-0.25, -0.2) is 0 Å². The molecule has 0 saturated carbocycles. The molecule has 162 valence electrons. The largest absolute Gasteiger partial charge is 0.354 e. The second kappa shape index (κ2) is 9.12. The van der Waals surface area contributed by atoms with Crippen molar-refractivity contribution < 1.29 is 19.2 Å². The van der Waals surface area contributed by atoms with E-state index in [-0.39, 0.29) is 29.8 Å². The van der Waals surface area contributed by atoms with Gasteiger partial charge in [-0.3, -0.25) is 24.1 Å². The van der Waals surface area contributed by atoms with Crippen molar-refractivity contribution >= 4 is 23.6 Å². The summed E-state index contributed by atoms with van der Waals surface area (Å²) in [6.07, 6.45) is 1.04. The Labute approximate surface area is 181 Å². The molecular weight excluding hydrogens is 394 g/mol. The van der Waals surface area contributed by atoms with Crippen LogP contribution in [0.3, 0.4) is 0 Å². The van der Waals surface area contributed by atoms with Gasteiger partial charge in [0.1, 0.15) is 0 Å². The van der Waals surface area contributed by atoms with Crippen LogP contribution in [0, 0.1) is 0 Å². The molecule has 0 bridgehead atoms. The van der Waals surface area contributed by atoms with Gasteiger partial charge in [0.15, 0.2) is 0 Å². The smallest absolute Gasteiger partial charge is 0.262 e. The van der Waals surface area contributed by atoms with Gasteiger partial charge >= 0.3 is 0 Å². The van der Waals surface area contributed by atoms with Gasteiger partial charge < -0.3 is 10.6 Å². The lowest BCUT2D eigenvalue weighted by Crippen LogP contribution is -2.45. The summed E-state index contributed by atoms with van der Waals surface area (Å²) in [4.78, 5) is 50.8. The summed E-state index contributed by atoms with van der Waals surface area (Å²) >= 11 is 0. The van der Waals surface area contributed by atoms with Crippen LogP contribution >= 0.6 is 0 Å². The van der Waals surface area contributed by atoms with E-state index in [2.05, 4.69) is 10.6 Å². The van der Waals surface area contributed by atoms with Crippen molar-refractivity contribution in [3.63, 3.8) is 0 Å². The third-order valence-corrected chi connectivity index (χ3v) is 5.04. The zero-order valence-electron chi connectivity index (χ0n) is 18.0. The van der Waals surface area contributed by atoms with E-state index in [1.807, 2.05) is 30.3 Å². The molecule has 3 rings (SSSR count). The maximum absolute atomic E-state index is 12.7. The summed E-state index contributed by atoms with van der Waals surface area (Å²) in [5.41, 5.74) is 1.30. The lowest BCUT2D eigenvalue weighted by Gasteiger charge is -2.29. The van der Waals surface area contributed by atoms with Crippen molar-refractivity contribution in [2.75, 3.05) is 13.1 Å². The molecule has 0 saturated heterocycles. The molecular formula is C24H27N3O4. The number of hydrogen-bond acceptors (Lipinski definition) is 4. The number of nitrogens with zero attached hydrogens (tertiary/aromatic N) is 1. The van der Waals surface area contributed by atoms with Crippen LogP contribution in [0.2, 0.25) is 0 Å². The number of amides is 4. The van der Waals surface area contributed by atoms with Gasteiger partial charge in [-0.2, -0.15) is 0 Å². The summed E-state index contributed by atoms with van der Waals surface area (Å²) in [5.74, 6) is -1.19. The van der Waals surface area contributed by atoms with Crippen LogP contribution in [-0.4, -0.2) is 47.2 Å². The summed E-state index contributed by atoms with van der Waals surface area (Å²) in [5, 5.41) is 5.50. The highest BCUT2D eigenvalue weighted by atomic mass is 16.2. The van der Waals surface area contributed by atoms with E-state index in [1.54, 1.807) is 20.8 Å². The maximum Gasteiger partial charge on any atom is 0.262 e. The standard InChI is InChI=1S/C24H27N3O4/c1-24(2,3)27-22(30)18-11-10-17(15-19(18)23(27)31)21(29)26-14-13-25-20(28)12-9-16-7-5-4-6-8-16/h4-8,10-11,15H,9,12-14H2,1-3H3,(H,25,28)(H,26,29). The molecule has 2 N–H and O–H groups in total. The van der Waals surface area contributed by atoms with Crippen molar-refractivity contribution in [2.45, 2.75) is 39.2 Å². The van der Waals surface area contributed by atoms with Crippen LogP contribution in [0.5, 0.6) is 0 Å². The summed E-state index contributed by atoms with van der Waals surface area (Å²) < 4.78 is 0. The second-order valence-corrected chi connectivity index (χ2v) is 8.47. The van der Waals surface area contributed by atoms with Crippen LogP contribution in [-0.2, 0) is 11.2 Å². The number of carbonyl (C=O) groups excluding carboxylic acids is 4. The SMILES string of the molecule is CC(C)(C)N1C(=O)c2ccc(C(=O)NCCNC(=O)CCc3ccccc3)cc2C1=O. The zero-order chi connectivity index (χ0) is 22.6. The first-order valence-electron chi connectivity index (χ1n) is 10.3. The molecule has 0 atom stereocenters. The second-order valence-electron chi connectivity index (χ2n) is 8.47. The molecule has 4 amide bonds. The van der Waals surface area contributed by atoms with E-state index in [9.17, 15) is 19.2 Å². The van der Waals surface area contributed by atoms with Gasteiger partial charge in [0.25, 0.3) is 17.7 Å². The van der Waals surface area contributed by atoms with E-state index in [1.165, 1.54) is 23.1 Å². The van der Waals surface area contributed by atoms with Crippen LogP contribution in [0.25, 0.3) is 0 Å². The van der Waals surface area contributed by atoms with Gasteiger partial charge in [0.2, 0.25) is 5.91 Å². The highest BCUT2D eigenvalue weighted by molar-refractivity contribution is 6.22. The fourth-order valence-corrected chi connectivity index (χ4v) is 3.46. The number of carbonyl (C=O) groups is 4. The Morgan fingerprint density at radius 2 is 1.52 bits per heavy atom. The van der Waals surface area contributed by atoms with E-state index >= 15 is 0 Å². The first-order valence-corrected chi connectivity index (χ1v) is 10.3. The van der Waals surface area contributed by atoms with Gasteiger partial charge in [0, 0.05) is 30.6 Å². The molecule has 0 radical (unpaired) electrons. The molecule has 31 heavy (non-hydrogen) atoms. The quantitative estimate of drug-likeness (QED) is 0.531. The molecule has 0 aliphatic carbocycles. The average molecular weight is 421 g/mol. The van der Waals surface area contributed by atoms with Gasteiger partial charge in [-0.1, -0.05) is 30.3 Å². The lowest BCUT2D eigenvalue weighted by molar-refractivity contribution is -0.121. The first kappa shape index (κ1) is 22.2. The third-order valence-electron chi connectivity index (χ3n) is 5.04. The molecule has 1 aliphatic rings.